The molecule has 0 aliphatic carbocycles. The fraction of sp³-hybridized carbons (Fsp3) is 0.150. The molecular formula is C20H18N2O2S. The minimum absolute atomic E-state index is 0.0168. The Morgan fingerprint density at radius 2 is 1.56 bits per heavy atom. The average Bonchev–Trinajstić information content (AvgIpc) is 2.97. The zero-order chi connectivity index (χ0) is 17.3. The third kappa shape index (κ3) is 3.15. The maximum Gasteiger partial charge on any atom is 0.308 e. The Morgan fingerprint density at radius 1 is 0.920 bits per heavy atom. The van der Waals surface area contributed by atoms with Gasteiger partial charge in [0.25, 0.3) is 0 Å². The number of hydrogen-bond acceptors (Lipinski definition) is 4. The van der Waals surface area contributed by atoms with Crippen LogP contribution in [0, 0.1) is 0 Å². The normalized spacial score (nSPS) is 14.6. The summed E-state index contributed by atoms with van der Waals surface area (Å²) in [5, 5.41) is 18.5. The number of aliphatic carboxylic acids is 1. The molecule has 0 amide bonds. The number of benzene rings is 3. The first-order chi connectivity index (χ1) is 12.2. The van der Waals surface area contributed by atoms with Gasteiger partial charge in [0.05, 0.1) is 17.8 Å². The van der Waals surface area contributed by atoms with E-state index in [1.165, 1.54) is 16.3 Å². The van der Waals surface area contributed by atoms with Gasteiger partial charge in [-0.25, -0.2) is 0 Å². The lowest BCUT2D eigenvalue weighted by Gasteiger charge is -2.29. The van der Waals surface area contributed by atoms with Crippen molar-refractivity contribution in [2.45, 2.75) is 17.2 Å². The molecule has 0 radical (unpaired) electrons. The maximum atomic E-state index is 11.4. The number of para-hydroxylation sites is 2. The monoisotopic (exact) mass is 350 g/mol. The Labute approximate surface area is 150 Å². The van der Waals surface area contributed by atoms with Gasteiger partial charge in [-0.1, -0.05) is 54.6 Å². The highest BCUT2D eigenvalue weighted by atomic mass is 32.2. The molecule has 1 aliphatic rings. The van der Waals surface area contributed by atoms with Crippen molar-refractivity contribution in [1.82, 2.24) is 0 Å². The third-order valence-corrected chi connectivity index (χ3v) is 5.65. The minimum Gasteiger partial charge on any atom is -0.481 e. The van der Waals surface area contributed by atoms with Crippen LogP contribution in [0.25, 0.3) is 10.8 Å². The minimum atomic E-state index is -0.835. The highest BCUT2D eigenvalue weighted by Crippen LogP contribution is 2.43. The molecule has 3 aromatic rings. The van der Waals surface area contributed by atoms with E-state index in [1.807, 2.05) is 42.5 Å². The predicted octanol–water partition coefficient (Wildman–Crippen LogP) is 4.74. The summed E-state index contributed by atoms with van der Waals surface area (Å²) in [4.78, 5) is 10.7. The molecule has 3 aromatic carbocycles. The van der Waals surface area contributed by atoms with E-state index in [1.54, 1.807) is 11.8 Å². The summed E-state index contributed by atoms with van der Waals surface area (Å²) in [5.41, 5.74) is 3.08. The van der Waals surface area contributed by atoms with Crippen molar-refractivity contribution in [3.05, 3.63) is 72.3 Å². The fourth-order valence-corrected chi connectivity index (χ4v) is 4.45. The molecular weight excluding hydrogens is 332 g/mol. The van der Waals surface area contributed by atoms with Gasteiger partial charge in [-0.3, -0.25) is 4.79 Å². The molecule has 0 bridgehead atoms. The fourth-order valence-electron chi connectivity index (χ4n) is 3.21. The number of carboxylic acid groups (broad SMARTS) is 1. The van der Waals surface area contributed by atoms with Crippen molar-refractivity contribution in [2.75, 3.05) is 10.6 Å². The number of anilines is 2. The Balaban J connectivity index is 1.61. The highest BCUT2D eigenvalue weighted by Gasteiger charge is 2.38. The number of fused-ring (bicyclic) bond motifs is 2. The van der Waals surface area contributed by atoms with Crippen molar-refractivity contribution in [3.8, 4) is 0 Å². The van der Waals surface area contributed by atoms with Gasteiger partial charge < -0.3 is 15.7 Å². The summed E-state index contributed by atoms with van der Waals surface area (Å²) in [7, 11) is 0. The Morgan fingerprint density at radius 3 is 2.28 bits per heavy atom. The second kappa shape index (κ2) is 6.33. The van der Waals surface area contributed by atoms with Gasteiger partial charge in [-0.05, 0) is 28.5 Å². The van der Waals surface area contributed by atoms with Crippen LogP contribution >= 0.6 is 11.8 Å². The first-order valence-corrected chi connectivity index (χ1v) is 9.12. The molecule has 3 N–H and O–H groups in total. The van der Waals surface area contributed by atoms with Crippen LogP contribution in [-0.4, -0.2) is 16.1 Å². The van der Waals surface area contributed by atoms with E-state index in [-0.39, 0.29) is 6.42 Å². The van der Waals surface area contributed by atoms with E-state index in [2.05, 4.69) is 34.9 Å². The summed E-state index contributed by atoms with van der Waals surface area (Å²) in [6.45, 7) is 0. The zero-order valence-corrected chi connectivity index (χ0v) is 14.3. The van der Waals surface area contributed by atoms with Crippen LogP contribution in [0.4, 0.5) is 11.4 Å². The van der Waals surface area contributed by atoms with Gasteiger partial charge in [0, 0.05) is 5.75 Å². The van der Waals surface area contributed by atoms with Gasteiger partial charge in [0.1, 0.15) is 0 Å². The van der Waals surface area contributed by atoms with E-state index in [9.17, 15) is 9.90 Å². The van der Waals surface area contributed by atoms with Crippen LogP contribution in [0.15, 0.2) is 66.7 Å². The standard InChI is InChI=1S/C20H18N2O2S/c23-19(24)12-20(21-17-10-3-4-11-18(17)22-20)25-13-15-8-5-7-14-6-1-2-9-16(14)15/h1-11,21-22H,12-13H2,(H,23,24). The molecule has 0 unspecified atom stereocenters. The molecule has 4 nitrogen and oxygen atoms in total. The van der Waals surface area contributed by atoms with Gasteiger partial charge in [-0.2, -0.15) is 0 Å². The second-order valence-corrected chi connectivity index (χ2v) is 7.39. The van der Waals surface area contributed by atoms with Crippen LogP contribution in [0.3, 0.4) is 0 Å². The lowest BCUT2D eigenvalue weighted by molar-refractivity contribution is -0.137. The Hall–Kier alpha value is -2.66. The molecule has 0 saturated heterocycles. The Kier molecular flexibility index (Phi) is 4.01. The lowest BCUT2D eigenvalue weighted by atomic mass is 10.1. The molecule has 126 valence electrons. The molecule has 0 atom stereocenters. The third-order valence-electron chi connectivity index (χ3n) is 4.35. The molecule has 1 aliphatic heterocycles. The first-order valence-electron chi connectivity index (χ1n) is 8.13. The predicted molar refractivity (Wildman–Crippen MR) is 104 cm³/mol. The second-order valence-electron chi connectivity index (χ2n) is 6.12. The van der Waals surface area contributed by atoms with E-state index in [0.29, 0.717) is 5.75 Å². The van der Waals surface area contributed by atoms with Crippen molar-refractivity contribution in [2.24, 2.45) is 0 Å². The van der Waals surface area contributed by atoms with Crippen molar-refractivity contribution in [3.63, 3.8) is 0 Å². The van der Waals surface area contributed by atoms with Crippen molar-refractivity contribution < 1.29 is 9.90 Å². The molecule has 4 rings (SSSR count). The van der Waals surface area contributed by atoms with Crippen molar-refractivity contribution >= 4 is 39.9 Å². The molecule has 0 fully saturated rings. The number of hydrogen-bond donors (Lipinski definition) is 3. The summed E-state index contributed by atoms with van der Waals surface area (Å²) in [6, 6.07) is 22.3. The van der Waals surface area contributed by atoms with Crippen LogP contribution in [0.5, 0.6) is 0 Å². The van der Waals surface area contributed by atoms with Crippen LogP contribution in [0.1, 0.15) is 12.0 Å². The Bertz CT molecular complexity index is 911. The smallest absolute Gasteiger partial charge is 0.308 e. The average molecular weight is 350 g/mol. The summed E-state index contributed by atoms with van der Waals surface area (Å²) in [6.07, 6.45) is -0.0168. The topological polar surface area (TPSA) is 61.4 Å². The number of rotatable bonds is 5. The molecule has 0 spiro atoms. The van der Waals surface area contributed by atoms with E-state index < -0.39 is 11.0 Å². The largest absolute Gasteiger partial charge is 0.481 e. The lowest BCUT2D eigenvalue weighted by Crippen LogP contribution is -2.40. The zero-order valence-electron chi connectivity index (χ0n) is 13.5. The first kappa shape index (κ1) is 15.8. The molecule has 1 heterocycles. The molecule has 25 heavy (non-hydrogen) atoms. The van der Waals surface area contributed by atoms with Crippen LogP contribution in [0.2, 0.25) is 0 Å². The highest BCUT2D eigenvalue weighted by molar-refractivity contribution is 8.00. The van der Waals surface area contributed by atoms with Gasteiger partial charge >= 0.3 is 5.97 Å². The summed E-state index contributed by atoms with van der Waals surface area (Å²) < 4.78 is 0. The maximum absolute atomic E-state index is 11.4. The number of thioether (sulfide) groups is 1. The number of nitrogens with one attached hydrogen (secondary N) is 2. The molecule has 5 heteroatoms. The van der Waals surface area contributed by atoms with Crippen LogP contribution < -0.4 is 10.6 Å². The van der Waals surface area contributed by atoms with Gasteiger partial charge in [0.2, 0.25) is 0 Å². The molecule has 0 saturated carbocycles. The van der Waals surface area contributed by atoms with Crippen molar-refractivity contribution in [1.29, 1.82) is 0 Å². The summed E-state index contributed by atoms with van der Waals surface area (Å²) in [5.74, 6) is -0.124. The van der Waals surface area contributed by atoms with Gasteiger partial charge in [0.15, 0.2) is 4.99 Å². The van der Waals surface area contributed by atoms with E-state index in [0.717, 1.165) is 11.4 Å². The SMILES string of the molecule is O=C(O)CC1(SCc2cccc3ccccc23)Nc2ccccc2N1. The number of carbonyl (C=O) groups is 1. The van der Waals surface area contributed by atoms with Gasteiger partial charge in [-0.15, -0.1) is 11.8 Å². The van der Waals surface area contributed by atoms with E-state index in [4.69, 9.17) is 0 Å². The molecule has 0 aromatic heterocycles. The van der Waals surface area contributed by atoms with Crippen LogP contribution in [-0.2, 0) is 10.5 Å². The summed E-state index contributed by atoms with van der Waals surface area (Å²) >= 11 is 1.58. The number of carboxylic acids is 1. The van der Waals surface area contributed by atoms with E-state index >= 15 is 0 Å². The quantitative estimate of drug-likeness (QED) is 0.620.